The Morgan fingerprint density at radius 3 is 3.20 bits per heavy atom. The molecule has 0 bridgehead atoms. The minimum atomic E-state index is -1.80. The fourth-order valence-electron chi connectivity index (χ4n) is 0.0589. The van der Waals surface area contributed by atoms with Gasteiger partial charge in [-0.3, -0.25) is 0 Å². The van der Waals surface area contributed by atoms with Crippen LogP contribution in [0.25, 0.3) is 0 Å². The van der Waals surface area contributed by atoms with Crippen LogP contribution < -0.4 is 0 Å². The summed E-state index contributed by atoms with van der Waals surface area (Å²) in [6.45, 7) is -1.80. The summed E-state index contributed by atoms with van der Waals surface area (Å²) >= 11 is 4.45. The molecular formula is C4H8S. The van der Waals surface area contributed by atoms with Crippen LogP contribution in [0.5, 0.6) is 0 Å². The van der Waals surface area contributed by atoms with Crippen LogP contribution in [0.3, 0.4) is 0 Å². The Morgan fingerprint density at radius 2 is 3.00 bits per heavy atom. The van der Waals surface area contributed by atoms with Crippen molar-refractivity contribution in [2.24, 2.45) is 0 Å². The van der Waals surface area contributed by atoms with E-state index in [4.69, 9.17) is 4.11 Å². The molecule has 0 aliphatic heterocycles. The van der Waals surface area contributed by atoms with Crippen molar-refractivity contribution in [3.8, 4) is 0 Å². The highest BCUT2D eigenvalue weighted by Gasteiger charge is 1.63. The molecule has 0 spiro atoms. The lowest BCUT2D eigenvalue weighted by Gasteiger charge is -1.71. The maximum absolute atomic E-state index is 6.70. The Bertz CT molecular complexity index is 75.8. The van der Waals surface area contributed by atoms with Gasteiger partial charge in [-0.1, -0.05) is 25.5 Å². The van der Waals surface area contributed by atoms with Gasteiger partial charge >= 0.3 is 0 Å². The smallest absolute Gasteiger partial charge is 0.0230 e. The van der Waals surface area contributed by atoms with E-state index in [0.717, 1.165) is 0 Å². The molecule has 0 nitrogen and oxygen atoms in total. The van der Waals surface area contributed by atoms with Gasteiger partial charge in [0.2, 0.25) is 0 Å². The second kappa shape index (κ2) is 4.09. The molecule has 30 valence electrons. The van der Waals surface area contributed by atoms with Crippen LogP contribution in [0.4, 0.5) is 0 Å². The van der Waals surface area contributed by atoms with Crippen molar-refractivity contribution in [1.82, 2.24) is 0 Å². The first kappa shape index (κ1) is 1.69. The van der Waals surface area contributed by atoms with Crippen LogP contribution in [0.15, 0.2) is 0 Å². The molecule has 0 aliphatic rings. The average Bonchev–Trinajstić information content (AvgIpc) is 1.59. The van der Waals surface area contributed by atoms with Crippen molar-refractivity contribution in [3.63, 3.8) is 0 Å². The van der Waals surface area contributed by atoms with E-state index in [1.54, 1.807) is 0 Å². The zero-order chi connectivity index (χ0) is 6.62. The van der Waals surface area contributed by atoms with Gasteiger partial charge in [0, 0.05) is 4.11 Å². The normalized spacial score (nSPS) is 18.8. The highest BCUT2D eigenvalue weighted by Crippen LogP contribution is 1.77. The van der Waals surface area contributed by atoms with E-state index in [0.29, 0.717) is 6.42 Å². The van der Waals surface area contributed by atoms with E-state index in [2.05, 4.69) is 12.2 Å². The summed E-state index contributed by atoms with van der Waals surface area (Å²) in [7, 11) is 0. The molecule has 0 heterocycles. The summed E-state index contributed by atoms with van der Waals surface area (Å²) in [5.74, 6) is 0. The van der Waals surface area contributed by atoms with Crippen molar-refractivity contribution in [2.75, 3.05) is 0 Å². The van der Waals surface area contributed by atoms with Gasteiger partial charge in [-0.25, -0.2) is 0 Å². The average molecular weight is 91.2 g/mol. The van der Waals surface area contributed by atoms with Crippen LogP contribution in [-0.2, 0) is 0 Å². The predicted molar refractivity (Wildman–Crippen MR) is 28.6 cm³/mol. The van der Waals surface area contributed by atoms with Crippen molar-refractivity contribution < 1.29 is 4.11 Å². The Morgan fingerprint density at radius 1 is 2.20 bits per heavy atom. The zero-order valence-electron chi connectivity index (χ0n) is 5.90. The van der Waals surface area contributed by atoms with Gasteiger partial charge in [0.1, 0.15) is 0 Å². The van der Waals surface area contributed by atoms with E-state index in [1.165, 1.54) is 5.37 Å². The topological polar surface area (TPSA) is 0 Å². The molecule has 1 heteroatoms. The Hall–Kier alpha value is 0.0900. The van der Waals surface area contributed by atoms with Crippen molar-refractivity contribution in [3.05, 3.63) is 0 Å². The van der Waals surface area contributed by atoms with E-state index in [9.17, 15) is 0 Å². The van der Waals surface area contributed by atoms with Gasteiger partial charge in [-0.05, 0) is 11.8 Å². The Balaban J connectivity index is 3.24. The molecule has 0 N–H and O–H groups in total. The third-order valence-corrected chi connectivity index (χ3v) is 0.498. The molecule has 0 fully saturated rings. The highest BCUT2D eigenvalue weighted by atomic mass is 32.1. The second-order valence-electron chi connectivity index (χ2n) is 0.705. The predicted octanol–water partition coefficient (Wildman–Crippen LogP) is 1.79. The minimum absolute atomic E-state index is 0.205. The van der Waals surface area contributed by atoms with Crippen molar-refractivity contribution in [2.45, 2.75) is 19.7 Å². The van der Waals surface area contributed by atoms with Crippen LogP contribution in [-0.4, -0.2) is 5.37 Å². The lowest BCUT2D eigenvalue weighted by molar-refractivity contribution is 1.02. The fraction of sp³-hybridized carbons (Fsp3) is 0.750. The highest BCUT2D eigenvalue weighted by molar-refractivity contribution is 7.78. The number of rotatable bonds is 2. The number of thiocarbonyl (C=S) groups is 1. The summed E-state index contributed by atoms with van der Waals surface area (Å²) in [5, 5.41) is 1.45. The summed E-state index contributed by atoms with van der Waals surface area (Å²) in [4.78, 5) is 0. The second-order valence-corrected chi connectivity index (χ2v) is 1.04. The monoisotopic (exact) mass is 91.1 g/mol. The van der Waals surface area contributed by atoms with E-state index < -0.39 is 6.85 Å². The number of hydrogen-bond donors (Lipinski definition) is 0. The Kier molecular flexibility index (Phi) is 1.39. The van der Waals surface area contributed by atoms with E-state index in [-0.39, 0.29) is 6.42 Å². The lowest BCUT2D eigenvalue weighted by atomic mass is 10.4. The summed E-state index contributed by atoms with van der Waals surface area (Å²) < 4.78 is 20.1. The van der Waals surface area contributed by atoms with Gasteiger partial charge < -0.3 is 0 Å². The molecule has 0 rings (SSSR count). The fourth-order valence-corrected chi connectivity index (χ4v) is 0.177. The first-order valence-corrected chi connectivity index (χ1v) is 1.97. The molecule has 0 aromatic heterocycles. The lowest BCUT2D eigenvalue weighted by Crippen LogP contribution is -1.61. The SMILES string of the molecule is [2H]C([2H])([2H])CCC=S. The standard InChI is InChI=1S/C4H8S/c1-2-3-4-5/h4H,2-3H2,1H3/i1D3. The molecule has 0 amide bonds. The van der Waals surface area contributed by atoms with Crippen LogP contribution >= 0.6 is 12.2 Å². The molecule has 0 aromatic carbocycles. The maximum Gasteiger partial charge on any atom is 0.0230 e. The van der Waals surface area contributed by atoms with Crippen LogP contribution in [0.2, 0.25) is 0 Å². The largest absolute Gasteiger partial charge is 0.0935 e. The third-order valence-electron chi connectivity index (χ3n) is 0.262. The third kappa shape index (κ3) is 4.09. The quantitative estimate of drug-likeness (QED) is 0.467. The van der Waals surface area contributed by atoms with E-state index in [1.807, 2.05) is 0 Å². The molecule has 0 saturated carbocycles. The summed E-state index contributed by atoms with van der Waals surface area (Å²) in [6, 6.07) is 0. The van der Waals surface area contributed by atoms with Gasteiger partial charge in [0.15, 0.2) is 0 Å². The molecule has 0 saturated heterocycles. The first-order chi connectivity index (χ1) is 3.56. The summed E-state index contributed by atoms with van der Waals surface area (Å²) in [5.41, 5.74) is 0. The van der Waals surface area contributed by atoms with Gasteiger partial charge in [0.05, 0.1) is 0 Å². The molecule has 5 heavy (non-hydrogen) atoms. The minimum Gasteiger partial charge on any atom is -0.0935 e. The van der Waals surface area contributed by atoms with Gasteiger partial charge in [-0.2, -0.15) is 0 Å². The van der Waals surface area contributed by atoms with Crippen LogP contribution in [0, 0.1) is 0 Å². The summed E-state index contributed by atoms with van der Waals surface area (Å²) in [6.07, 6.45) is 0.711. The van der Waals surface area contributed by atoms with E-state index >= 15 is 0 Å². The molecule has 0 atom stereocenters. The zero-order valence-corrected chi connectivity index (χ0v) is 3.72. The van der Waals surface area contributed by atoms with Gasteiger partial charge in [-0.15, -0.1) is 0 Å². The number of hydrogen-bond acceptors (Lipinski definition) is 1. The first-order valence-electron chi connectivity index (χ1n) is 3.00. The van der Waals surface area contributed by atoms with Gasteiger partial charge in [0.25, 0.3) is 0 Å². The molecular weight excluding hydrogens is 80.1 g/mol. The molecule has 0 unspecified atom stereocenters. The molecule has 0 radical (unpaired) electrons. The molecule has 0 aromatic rings. The maximum atomic E-state index is 6.70. The molecule has 0 aliphatic carbocycles. The Labute approximate surface area is 42.4 Å². The van der Waals surface area contributed by atoms with Crippen LogP contribution in [0.1, 0.15) is 23.8 Å². The van der Waals surface area contributed by atoms with Crippen molar-refractivity contribution in [1.29, 1.82) is 0 Å². The van der Waals surface area contributed by atoms with Crippen molar-refractivity contribution >= 4 is 17.6 Å².